The van der Waals surface area contributed by atoms with Crippen molar-refractivity contribution >= 4 is 15.9 Å². The minimum atomic E-state index is -0.566. The maximum Gasteiger partial charge on any atom is 0.213 e. The summed E-state index contributed by atoms with van der Waals surface area (Å²) in [6.07, 6.45) is 0. The molecular weight excluding hydrogens is 288 g/mol. The number of rotatable bonds is 0. The molecule has 0 unspecified atom stereocenters. The van der Waals surface area contributed by atoms with E-state index in [1.807, 2.05) is 0 Å². The molecule has 4 heteroatoms. The molecule has 0 radical (unpaired) electrons. The summed E-state index contributed by atoms with van der Waals surface area (Å²) in [6.45, 7) is 0. The molecule has 1 heterocycles. The Bertz CT molecular complexity index is 597. The van der Waals surface area contributed by atoms with Gasteiger partial charge in [-0.1, -0.05) is 11.8 Å². The fraction of sp³-hybridized carbons (Fsp3) is 0. The Morgan fingerprint density at radius 2 is 1.65 bits per heavy atom. The van der Waals surface area contributed by atoms with Gasteiger partial charge in [-0.2, -0.15) is 4.39 Å². The molecule has 17 heavy (non-hydrogen) atoms. The average molecular weight is 294 g/mol. The van der Waals surface area contributed by atoms with Crippen molar-refractivity contribution < 1.29 is 8.78 Å². The zero-order chi connectivity index (χ0) is 12.3. The third kappa shape index (κ3) is 3.11. The molecule has 2 rings (SSSR count). The molecule has 0 N–H and O–H groups in total. The molecular formula is C13H6BrF2N. The van der Waals surface area contributed by atoms with Gasteiger partial charge >= 0.3 is 0 Å². The van der Waals surface area contributed by atoms with Gasteiger partial charge in [-0.3, -0.25) is 0 Å². The molecule has 0 saturated carbocycles. The van der Waals surface area contributed by atoms with Crippen LogP contribution in [0.25, 0.3) is 0 Å². The minimum absolute atomic E-state index is 0.305. The number of hydrogen-bond acceptors (Lipinski definition) is 1. The first kappa shape index (κ1) is 11.7. The molecule has 84 valence electrons. The second kappa shape index (κ2) is 5.07. The number of pyridine rings is 1. The average Bonchev–Trinajstić information content (AvgIpc) is 2.30. The second-order valence-corrected chi connectivity index (χ2v) is 3.98. The third-order valence-corrected chi connectivity index (χ3v) is 2.60. The Labute approximate surface area is 106 Å². The van der Waals surface area contributed by atoms with E-state index < -0.39 is 5.95 Å². The Balaban J connectivity index is 2.29. The van der Waals surface area contributed by atoms with E-state index in [1.54, 1.807) is 12.1 Å². The quantitative estimate of drug-likeness (QED) is 0.535. The van der Waals surface area contributed by atoms with Crippen LogP contribution in [0.3, 0.4) is 0 Å². The molecule has 0 atom stereocenters. The Kier molecular flexibility index (Phi) is 3.50. The van der Waals surface area contributed by atoms with Gasteiger partial charge in [-0.15, -0.1) is 0 Å². The summed E-state index contributed by atoms with van der Waals surface area (Å²) in [4.78, 5) is 3.59. The lowest BCUT2D eigenvalue weighted by Gasteiger charge is -1.94. The van der Waals surface area contributed by atoms with Gasteiger partial charge in [-0.25, -0.2) is 9.37 Å². The van der Waals surface area contributed by atoms with Gasteiger partial charge in [-0.05, 0) is 52.3 Å². The standard InChI is InChI=1S/C13H6BrF2N/c14-13-10(5-8-12(16)17-13)4-1-9-2-6-11(15)7-3-9/h2-3,5-8H. The monoisotopic (exact) mass is 293 g/mol. The van der Waals surface area contributed by atoms with E-state index in [-0.39, 0.29) is 5.82 Å². The summed E-state index contributed by atoms with van der Waals surface area (Å²) in [7, 11) is 0. The van der Waals surface area contributed by atoms with Gasteiger partial charge in [0.15, 0.2) is 0 Å². The van der Waals surface area contributed by atoms with Crippen LogP contribution in [-0.2, 0) is 0 Å². The molecule has 1 aromatic heterocycles. The van der Waals surface area contributed by atoms with Crippen molar-refractivity contribution in [1.29, 1.82) is 0 Å². The van der Waals surface area contributed by atoms with Gasteiger partial charge < -0.3 is 0 Å². The maximum atomic E-state index is 12.7. The van der Waals surface area contributed by atoms with E-state index in [2.05, 4.69) is 32.8 Å². The Hall–Kier alpha value is -1.73. The van der Waals surface area contributed by atoms with Crippen LogP contribution in [0, 0.1) is 23.6 Å². The first-order chi connectivity index (χ1) is 8.15. The SMILES string of the molecule is Fc1ccc(C#Cc2ccc(F)nc2Br)cc1. The zero-order valence-corrected chi connectivity index (χ0v) is 10.1. The lowest BCUT2D eigenvalue weighted by atomic mass is 10.2. The highest BCUT2D eigenvalue weighted by molar-refractivity contribution is 9.10. The van der Waals surface area contributed by atoms with E-state index >= 15 is 0 Å². The van der Waals surface area contributed by atoms with Gasteiger partial charge in [0.1, 0.15) is 10.4 Å². The normalized spacial score (nSPS) is 9.59. The number of nitrogens with zero attached hydrogens (tertiary/aromatic N) is 1. The van der Waals surface area contributed by atoms with Crippen molar-refractivity contribution in [2.45, 2.75) is 0 Å². The van der Waals surface area contributed by atoms with Crippen molar-refractivity contribution in [2.75, 3.05) is 0 Å². The van der Waals surface area contributed by atoms with Crippen LogP contribution in [0.5, 0.6) is 0 Å². The van der Waals surface area contributed by atoms with Crippen molar-refractivity contribution in [1.82, 2.24) is 4.98 Å². The first-order valence-electron chi connectivity index (χ1n) is 4.75. The summed E-state index contributed by atoms with van der Waals surface area (Å²) >= 11 is 3.12. The van der Waals surface area contributed by atoms with Gasteiger partial charge in [0.05, 0.1) is 5.56 Å². The highest BCUT2D eigenvalue weighted by Crippen LogP contribution is 2.13. The Morgan fingerprint density at radius 1 is 0.941 bits per heavy atom. The van der Waals surface area contributed by atoms with Crippen LogP contribution < -0.4 is 0 Å². The van der Waals surface area contributed by atoms with Crippen molar-refractivity contribution in [3.05, 3.63) is 63.9 Å². The molecule has 1 nitrogen and oxygen atoms in total. The fourth-order valence-electron chi connectivity index (χ4n) is 1.18. The van der Waals surface area contributed by atoms with E-state index in [9.17, 15) is 8.78 Å². The van der Waals surface area contributed by atoms with Gasteiger partial charge in [0.2, 0.25) is 5.95 Å². The summed E-state index contributed by atoms with van der Waals surface area (Å²) in [6, 6.07) is 8.59. The van der Waals surface area contributed by atoms with E-state index in [0.717, 1.165) is 0 Å². The van der Waals surface area contributed by atoms with Crippen molar-refractivity contribution in [2.24, 2.45) is 0 Å². The van der Waals surface area contributed by atoms with Crippen LogP contribution in [0.4, 0.5) is 8.78 Å². The molecule has 0 fully saturated rings. The Morgan fingerprint density at radius 3 is 2.29 bits per heavy atom. The number of benzene rings is 1. The lowest BCUT2D eigenvalue weighted by Crippen LogP contribution is -1.87. The van der Waals surface area contributed by atoms with Crippen LogP contribution in [0.2, 0.25) is 0 Å². The number of hydrogen-bond donors (Lipinski definition) is 0. The molecule has 0 amide bonds. The molecule has 2 aromatic rings. The number of halogens is 3. The van der Waals surface area contributed by atoms with E-state index in [4.69, 9.17) is 0 Å². The summed E-state index contributed by atoms with van der Waals surface area (Å²) in [5, 5.41) is 0. The molecule has 0 aliphatic carbocycles. The van der Waals surface area contributed by atoms with Crippen molar-refractivity contribution in [3.63, 3.8) is 0 Å². The van der Waals surface area contributed by atoms with E-state index in [0.29, 0.717) is 15.7 Å². The van der Waals surface area contributed by atoms with Gasteiger partial charge in [0, 0.05) is 5.56 Å². The van der Waals surface area contributed by atoms with Crippen LogP contribution in [0.15, 0.2) is 41.0 Å². The second-order valence-electron chi connectivity index (χ2n) is 3.23. The fourth-order valence-corrected chi connectivity index (χ4v) is 1.58. The molecule has 1 aromatic carbocycles. The first-order valence-corrected chi connectivity index (χ1v) is 5.54. The van der Waals surface area contributed by atoms with E-state index in [1.165, 1.54) is 24.3 Å². The summed E-state index contributed by atoms with van der Waals surface area (Å²) in [5.41, 5.74) is 1.26. The summed E-state index contributed by atoms with van der Waals surface area (Å²) < 4.78 is 25.7. The van der Waals surface area contributed by atoms with Crippen LogP contribution in [0.1, 0.15) is 11.1 Å². The predicted octanol–water partition coefficient (Wildman–Crippen LogP) is 3.52. The van der Waals surface area contributed by atoms with Crippen LogP contribution >= 0.6 is 15.9 Å². The minimum Gasteiger partial charge on any atom is -0.211 e. The zero-order valence-electron chi connectivity index (χ0n) is 8.55. The molecule has 0 saturated heterocycles. The number of aromatic nitrogens is 1. The van der Waals surface area contributed by atoms with Gasteiger partial charge in [0.25, 0.3) is 0 Å². The molecule has 0 aliphatic rings. The smallest absolute Gasteiger partial charge is 0.211 e. The molecule has 0 bridgehead atoms. The molecule has 0 spiro atoms. The third-order valence-electron chi connectivity index (χ3n) is 2.00. The maximum absolute atomic E-state index is 12.7. The largest absolute Gasteiger partial charge is 0.213 e. The van der Waals surface area contributed by atoms with Crippen LogP contribution in [-0.4, -0.2) is 4.98 Å². The summed E-state index contributed by atoms with van der Waals surface area (Å²) in [5.74, 6) is 4.80. The topological polar surface area (TPSA) is 12.9 Å². The molecule has 0 aliphatic heterocycles. The predicted molar refractivity (Wildman–Crippen MR) is 64.3 cm³/mol. The highest BCUT2D eigenvalue weighted by Gasteiger charge is 1.99. The lowest BCUT2D eigenvalue weighted by molar-refractivity contribution is 0.580. The highest BCUT2D eigenvalue weighted by atomic mass is 79.9. The van der Waals surface area contributed by atoms with Crippen molar-refractivity contribution in [3.8, 4) is 11.8 Å².